The third-order valence-electron chi connectivity index (χ3n) is 11.9. The smallest absolute Gasteiger partial charge is 0.164 e. The fraction of sp³-hybridized carbons (Fsp3) is 0. The van der Waals surface area contributed by atoms with Crippen LogP contribution in [0.3, 0.4) is 0 Å². The van der Waals surface area contributed by atoms with Gasteiger partial charge in [-0.05, 0) is 81.9 Å². The summed E-state index contributed by atoms with van der Waals surface area (Å²) in [6, 6.07) is 76.2. The van der Waals surface area contributed by atoms with Gasteiger partial charge in [0.2, 0.25) is 0 Å². The summed E-state index contributed by atoms with van der Waals surface area (Å²) < 4.78 is 9.31. The fourth-order valence-corrected chi connectivity index (χ4v) is 9.00. The Kier molecular flexibility index (Phi) is 8.42. The van der Waals surface area contributed by atoms with E-state index < -0.39 is 0 Å². The van der Waals surface area contributed by atoms with E-state index in [-0.39, 0.29) is 0 Å². The van der Waals surface area contributed by atoms with Gasteiger partial charge >= 0.3 is 0 Å². The lowest BCUT2D eigenvalue weighted by Gasteiger charge is -2.15. The average Bonchev–Trinajstić information content (AvgIpc) is 3.91. The van der Waals surface area contributed by atoms with Gasteiger partial charge in [-0.25, -0.2) is 15.0 Å². The SMILES string of the molecule is c1ccc(-c2cccc(-c3ccc(-c4cccc5oc6c(ccc7c6c6ccccc6n7-c6ccccc6)c45)c(-c4nc(-c5ccccc5)nc(-c5ccccc5)n4)c3)c2)cc1. The largest absolute Gasteiger partial charge is 0.455 e. The molecular weight excluding hydrogens is 757 g/mol. The first kappa shape index (κ1) is 35.5. The molecule has 0 aliphatic rings. The van der Waals surface area contributed by atoms with Gasteiger partial charge in [0.05, 0.1) is 16.4 Å². The second-order valence-electron chi connectivity index (χ2n) is 15.6. The molecule has 0 amide bonds. The molecule has 0 unspecified atom stereocenters. The topological polar surface area (TPSA) is 56.7 Å². The van der Waals surface area contributed by atoms with E-state index >= 15 is 0 Å². The molecule has 0 bridgehead atoms. The van der Waals surface area contributed by atoms with Crippen molar-refractivity contribution in [1.29, 1.82) is 0 Å². The summed E-state index contributed by atoms with van der Waals surface area (Å²) in [6.45, 7) is 0. The third kappa shape index (κ3) is 5.98. The first-order valence-electron chi connectivity index (χ1n) is 20.9. The van der Waals surface area contributed by atoms with E-state index in [2.05, 4.69) is 162 Å². The van der Waals surface area contributed by atoms with Gasteiger partial charge in [-0.2, -0.15) is 0 Å². The predicted octanol–water partition coefficient (Wildman–Crippen LogP) is 14.9. The van der Waals surface area contributed by atoms with Crippen LogP contribution in [0.15, 0.2) is 223 Å². The molecule has 0 aliphatic carbocycles. The van der Waals surface area contributed by atoms with Gasteiger partial charge in [-0.1, -0.05) is 170 Å². The monoisotopic (exact) mass is 792 g/mol. The van der Waals surface area contributed by atoms with Gasteiger partial charge in [0, 0.05) is 38.5 Å². The van der Waals surface area contributed by atoms with Gasteiger partial charge < -0.3 is 8.98 Å². The highest BCUT2D eigenvalue weighted by atomic mass is 16.3. The van der Waals surface area contributed by atoms with Crippen LogP contribution in [0.1, 0.15) is 0 Å². The maximum Gasteiger partial charge on any atom is 0.164 e. The molecule has 0 fully saturated rings. The zero-order valence-electron chi connectivity index (χ0n) is 33.5. The molecule has 12 aromatic rings. The third-order valence-corrected chi connectivity index (χ3v) is 11.9. The standard InChI is InChI=1S/C57H36N4O/c1-5-17-37(18-6-1)40-23-15-24-41(35-40)42-31-32-44(48(36-42)57-59-55(38-19-7-2-8-20-38)58-56(60-57)39-21-9-3-10-22-39)45-28-16-30-51-52(45)47-33-34-50-53(54(47)62-51)46-27-13-14-29-49(46)61(50)43-25-11-4-12-26-43/h1-36H. The molecule has 0 N–H and O–H groups in total. The minimum atomic E-state index is 0.590. The first-order chi connectivity index (χ1) is 30.7. The minimum Gasteiger partial charge on any atom is -0.455 e. The Hall–Kier alpha value is -8.41. The van der Waals surface area contributed by atoms with Crippen LogP contribution in [0.4, 0.5) is 0 Å². The van der Waals surface area contributed by atoms with Crippen LogP contribution < -0.4 is 0 Å². The lowest BCUT2D eigenvalue weighted by Crippen LogP contribution is -2.01. The van der Waals surface area contributed by atoms with E-state index in [1.807, 2.05) is 60.7 Å². The molecule has 0 atom stereocenters. The second kappa shape index (κ2) is 14.7. The highest BCUT2D eigenvalue weighted by Crippen LogP contribution is 2.45. The maximum absolute atomic E-state index is 6.98. The van der Waals surface area contributed by atoms with Crippen molar-refractivity contribution in [1.82, 2.24) is 19.5 Å². The van der Waals surface area contributed by atoms with E-state index in [9.17, 15) is 0 Å². The molecule has 0 radical (unpaired) electrons. The Morgan fingerprint density at radius 3 is 1.60 bits per heavy atom. The maximum atomic E-state index is 6.98. The van der Waals surface area contributed by atoms with Gasteiger partial charge in [0.1, 0.15) is 11.2 Å². The summed E-state index contributed by atoms with van der Waals surface area (Å²) in [7, 11) is 0. The van der Waals surface area contributed by atoms with Crippen molar-refractivity contribution in [3.8, 4) is 73.2 Å². The average molecular weight is 793 g/mol. The Labute approximate surface area is 357 Å². The first-order valence-corrected chi connectivity index (χ1v) is 20.9. The molecule has 62 heavy (non-hydrogen) atoms. The van der Waals surface area contributed by atoms with Crippen molar-refractivity contribution in [2.75, 3.05) is 0 Å². The second-order valence-corrected chi connectivity index (χ2v) is 15.6. The lowest BCUT2D eigenvalue weighted by molar-refractivity contribution is 0.673. The number of furan rings is 1. The zero-order chi connectivity index (χ0) is 41.0. The Morgan fingerprint density at radius 2 is 0.887 bits per heavy atom. The Bertz CT molecular complexity index is 3560. The fourth-order valence-electron chi connectivity index (χ4n) is 9.00. The summed E-state index contributed by atoms with van der Waals surface area (Å²) in [6.07, 6.45) is 0. The van der Waals surface area contributed by atoms with Crippen molar-refractivity contribution < 1.29 is 4.42 Å². The predicted molar refractivity (Wildman–Crippen MR) is 254 cm³/mol. The van der Waals surface area contributed by atoms with E-state index in [1.54, 1.807) is 0 Å². The highest BCUT2D eigenvalue weighted by Gasteiger charge is 2.23. The number of para-hydroxylation sites is 2. The van der Waals surface area contributed by atoms with Crippen molar-refractivity contribution in [2.24, 2.45) is 0 Å². The van der Waals surface area contributed by atoms with Gasteiger partial charge in [0.25, 0.3) is 0 Å². The van der Waals surface area contributed by atoms with Crippen molar-refractivity contribution in [2.45, 2.75) is 0 Å². The number of rotatable bonds is 7. The van der Waals surface area contributed by atoms with Crippen LogP contribution in [0, 0.1) is 0 Å². The van der Waals surface area contributed by atoms with Crippen molar-refractivity contribution >= 4 is 43.7 Å². The number of hydrogen-bond donors (Lipinski definition) is 0. The normalized spacial score (nSPS) is 11.5. The van der Waals surface area contributed by atoms with Crippen LogP contribution in [0.25, 0.3) is 117 Å². The summed E-state index contributed by atoms with van der Waals surface area (Å²) in [5.41, 5.74) is 14.3. The molecule has 5 nitrogen and oxygen atoms in total. The number of hydrogen-bond acceptors (Lipinski definition) is 4. The summed E-state index contributed by atoms with van der Waals surface area (Å²) >= 11 is 0. The highest BCUT2D eigenvalue weighted by molar-refractivity contribution is 6.26. The van der Waals surface area contributed by atoms with E-state index in [0.717, 1.165) is 93.9 Å². The molecule has 9 aromatic carbocycles. The van der Waals surface area contributed by atoms with E-state index in [0.29, 0.717) is 17.5 Å². The molecule has 0 saturated heterocycles. The summed E-state index contributed by atoms with van der Waals surface area (Å²) in [5, 5.41) is 4.33. The van der Waals surface area contributed by atoms with Crippen LogP contribution >= 0.6 is 0 Å². The van der Waals surface area contributed by atoms with Gasteiger partial charge in [-0.3, -0.25) is 0 Å². The molecule has 12 rings (SSSR count). The molecule has 3 aromatic heterocycles. The molecular formula is C57H36N4O. The quantitative estimate of drug-likeness (QED) is 0.161. The Morgan fingerprint density at radius 1 is 0.323 bits per heavy atom. The number of benzene rings is 9. The number of nitrogens with zero attached hydrogens (tertiary/aromatic N) is 4. The molecule has 0 spiro atoms. The molecule has 3 heterocycles. The van der Waals surface area contributed by atoms with Crippen LogP contribution in [0.2, 0.25) is 0 Å². The summed E-state index contributed by atoms with van der Waals surface area (Å²) in [5.74, 6) is 1.81. The molecule has 0 saturated carbocycles. The van der Waals surface area contributed by atoms with Gasteiger partial charge in [-0.15, -0.1) is 0 Å². The van der Waals surface area contributed by atoms with Crippen molar-refractivity contribution in [3.63, 3.8) is 0 Å². The molecule has 5 heteroatoms. The summed E-state index contributed by atoms with van der Waals surface area (Å²) in [4.78, 5) is 15.6. The lowest BCUT2D eigenvalue weighted by atomic mass is 9.91. The van der Waals surface area contributed by atoms with Gasteiger partial charge in [0.15, 0.2) is 17.5 Å². The van der Waals surface area contributed by atoms with E-state index in [1.165, 1.54) is 5.56 Å². The van der Waals surface area contributed by atoms with Crippen LogP contribution in [0.5, 0.6) is 0 Å². The molecule has 290 valence electrons. The minimum absolute atomic E-state index is 0.590. The van der Waals surface area contributed by atoms with Crippen LogP contribution in [-0.4, -0.2) is 19.5 Å². The number of aromatic nitrogens is 4. The van der Waals surface area contributed by atoms with Crippen molar-refractivity contribution in [3.05, 3.63) is 218 Å². The molecule has 0 aliphatic heterocycles. The van der Waals surface area contributed by atoms with E-state index in [4.69, 9.17) is 19.4 Å². The zero-order valence-corrected chi connectivity index (χ0v) is 33.5. The Balaban J connectivity index is 1.13. The number of fused-ring (bicyclic) bond motifs is 7. The van der Waals surface area contributed by atoms with Crippen LogP contribution in [-0.2, 0) is 0 Å².